The third-order valence-corrected chi connectivity index (χ3v) is 3.40. The first kappa shape index (κ1) is 4.54. The second-order valence-electron chi connectivity index (χ2n) is 3.87. The van der Waals surface area contributed by atoms with Crippen LogP contribution in [0.3, 0.4) is 0 Å². The van der Waals surface area contributed by atoms with Crippen molar-refractivity contribution in [3.05, 3.63) is 11.1 Å². The molecule has 2 bridgehead atoms. The SMILES string of the molecule is C1CC2CC3CC1=C2C3. The fourth-order valence-corrected chi connectivity index (χ4v) is 3.08. The summed E-state index contributed by atoms with van der Waals surface area (Å²) in [5, 5.41) is 0. The van der Waals surface area contributed by atoms with E-state index in [1.807, 2.05) is 11.1 Å². The highest BCUT2D eigenvalue weighted by molar-refractivity contribution is 5.32. The van der Waals surface area contributed by atoms with E-state index in [0.29, 0.717) is 0 Å². The predicted molar refractivity (Wildman–Crippen MR) is 37.1 cm³/mol. The number of fused-ring (bicyclic) bond motifs is 1. The van der Waals surface area contributed by atoms with Gasteiger partial charge in [-0.15, -0.1) is 0 Å². The normalized spacial score (nSPS) is 45.3. The van der Waals surface area contributed by atoms with E-state index in [9.17, 15) is 0 Å². The van der Waals surface area contributed by atoms with Crippen LogP contribution in [0.4, 0.5) is 0 Å². The average Bonchev–Trinajstić information content (AvgIpc) is 2.35. The van der Waals surface area contributed by atoms with Gasteiger partial charge in [0.2, 0.25) is 0 Å². The summed E-state index contributed by atoms with van der Waals surface area (Å²) in [7, 11) is 0. The van der Waals surface area contributed by atoms with E-state index >= 15 is 0 Å². The van der Waals surface area contributed by atoms with E-state index < -0.39 is 0 Å². The molecular weight excluding hydrogens is 108 g/mol. The lowest BCUT2D eigenvalue weighted by Gasteiger charge is -2.07. The van der Waals surface area contributed by atoms with Gasteiger partial charge in [0, 0.05) is 0 Å². The van der Waals surface area contributed by atoms with E-state index in [4.69, 9.17) is 0 Å². The molecule has 9 heavy (non-hydrogen) atoms. The molecule has 0 saturated heterocycles. The van der Waals surface area contributed by atoms with Crippen molar-refractivity contribution in [2.24, 2.45) is 11.8 Å². The summed E-state index contributed by atoms with van der Waals surface area (Å²) >= 11 is 0. The Morgan fingerprint density at radius 1 is 1.22 bits per heavy atom. The molecule has 0 aromatic rings. The molecule has 1 fully saturated rings. The minimum atomic E-state index is 1.08. The molecule has 2 atom stereocenters. The molecule has 2 unspecified atom stereocenters. The van der Waals surface area contributed by atoms with Crippen LogP contribution in [0.1, 0.15) is 32.1 Å². The van der Waals surface area contributed by atoms with Crippen molar-refractivity contribution in [2.75, 3.05) is 0 Å². The highest BCUT2D eigenvalue weighted by Crippen LogP contribution is 2.55. The summed E-state index contributed by atoms with van der Waals surface area (Å²) < 4.78 is 0. The molecule has 3 aliphatic rings. The van der Waals surface area contributed by atoms with Gasteiger partial charge in [0.05, 0.1) is 0 Å². The summed E-state index contributed by atoms with van der Waals surface area (Å²) in [5.41, 5.74) is 3.77. The van der Waals surface area contributed by atoms with Gasteiger partial charge in [0.1, 0.15) is 0 Å². The van der Waals surface area contributed by atoms with Gasteiger partial charge < -0.3 is 0 Å². The molecule has 0 amide bonds. The monoisotopic (exact) mass is 120 g/mol. The van der Waals surface area contributed by atoms with Gasteiger partial charge in [-0.25, -0.2) is 0 Å². The lowest BCUT2D eigenvalue weighted by atomic mass is 9.98. The molecule has 0 heteroatoms. The lowest BCUT2D eigenvalue weighted by molar-refractivity contribution is 0.510. The van der Waals surface area contributed by atoms with Crippen LogP contribution >= 0.6 is 0 Å². The smallest absolute Gasteiger partial charge is 0.0195 e. The molecule has 1 saturated carbocycles. The van der Waals surface area contributed by atoms with Crippen molar-refractivity contribution in [3.8, 4) is 0 Å². The zero-order valence-corrected chi connectivity index (χ0v) is 5.69. The highest BCUT2D eigenvalue weighted by atomic mass is 14.5. The van der Waals surface area contributed by atoms with Crippen molar-refractivity contribution < 1.29 is 0 Å². The molecule has 0 heterocycles. The maximum atomic E-state index is 1.90. The Balaban J connectivity index is 2.16. The second kappa shape index (κ2) is 1.25. The quantitative estimate of drug-likeness (QED) is 0.431. The summed E-state index contributed by atoms with van der Waals surface area (Å²) in [6, 6.07) is 0. The Bertz CT molecular complexity index is 186. The van der Waals surface area contributed by atoms with Crippen LogP contribution in [0.25, 0.3) is 0 Å². The van der Waals surface area contributed by atoms with Crippen molar-refractivity contribution in [1.82, 2.24) is 0 Å². The third kappa shape index (κ3) is 0.417. The van der Waals surface area contributed by atoms with Crippen LogP contribution in [0.5, 0.6) is 0 Å². The number of hydrogen-bond acceptors (Lipinski definition) is 0. The molecule has 3 aliphatic carbocycles. The van der Waals surface area contributed by atoms with Gasteiger partial charge in [-0.3, -0.25) is 0 Å². The van der Waals surface area contributed by atoms with Gasteiger partial charge in [-0.05, 0) is 43.9 Å². The molecule has 0 spiro atoms. The van der Waals surface area contributed by atoms with Crippen LogP contribution < -0.4 is 0 Å². The van der Waals surface area contributed by atoms with Crippen LogP contribution in [0, 0.1) is 11.8 Å². The molecule has 0 N–H and O–H groups in total. The van der Waals surface area contributed by atoms with Crippen LogP contribution in [-0.4, -0.2) is 0 Å². The molecule has 48 valence electrons. The minimum absolute atomic E-state index is 1.08. The summed E-state index contributed by atoms with van der Waals surface area (Å²) in [6.45, 7) is 0. The Morgan fingerprint density at radius 2 is 2.22 bits per heavy atom. The second-order valence-corrected chi connectivity index (χ2v) is 3.87. The first-order valence-corrected chi connectivity index (χ1v) is 4.14. The van der Waals surface area contributed by atoms with E-state index in [0.717, 1.165) is 11.8 Å². The molecule has 0 radical (unpaired) electrons. The first-order valence-electron chi connectivity index (χ1n) is 4.14. The molecule has 0 nitrogen and oxygen atoms in total. The van der Waals surface area contributed by atoms with E-state index in [1.165, 1.54) is 25.7 Å². The van der Waals surface area contributed by atoms with Crippen LogP contribution in [-0.2, 0) is 0 Å². The van der Waals surface area contributed by atoms with Gasteiger partial charge >= 0.3 is 0 Å². The Kier molecular flexibility index (Phi) is 0.633. The zero-order valence-electron chi connectivity index (χ0n) is 5.69. The van der Waals surface area contributed by atoms with E-state index in [2.05, 4.69) is 0 Å². The Labute approximate surface area is 56.0 Å². The third-order valence-electron chi connectivity index (χ3n) is 3.40. The number of hydrogen-bond donors (Lipinski definition) is 0. The molecule has 3 rings (SSSR count). The number of rotatable bonds is 0. The predicted octanol–water partition coefficient (Wildman–Crippen LogP) is 2.51. The zero-order chi connectivity index (χ0) is 5.84. The standard InChI is InChI=1S/C9H12/c1-2-8-4-6-3-7(1)9(8)5-6/h6-7H,1-5H2. The van der Waals surface area contributed by atoms with Gasteiger partial charge in [-0.1, -0.05) is 11.1 Å². The largest absolute Gasteiger partial charge is 0.0704 e. The van der Waals surface area contributed by atoms with E-state index in [1.54, 1.807) is 6.42 Å². The van der Waals surface area contributed by atoms with Crippen molar-refractivity contribution in [1.29, 1.82) is 0 Å². The van der Waals surface area contributed by atoms with Gasteiger partial charge in [0.15, 0.2) is 0 Å². The first-order chi connectivity index (χ1) is 4.43. The number of allylic oxidation sites excluding steroid dienone is 2. The average molecular weight is 120 g/mol. The van der Waals surface area contributed by atoms with Gasteiger partial charge in [0.25, 0.3) is 0 Å². The molecule has 0 aromatic carbocycles. The topological polar surface area (TPSA) is 0 Å². The summed E-state index contributed by atoms with van der Waals surface area (Å²) in [4.78, 5) is 0. The maximum Gasteiger partial charge on any atom is -0.0195 e. The fourth-order valence-electron chi connectivity index (χ4n) is 3.08. The van der Waals surface area contributed by atoms with Crippen molar-refractivity contribution in [3.63, 3.8) is 0 Å². The fraction of sp³-hybridized carbons (Fsp3) is 0.778. The minimum Gasteiger partial charge on any atom is -0.0704 e. The Morgan fingerprint density at radius 3 is 2.89 bits per heavy atom. The summed E-state index contributed by atoms with van der Waals surface area (Å²) in [5.74, 6) is 2.20. The maximum absolute atomic E-state index is 1.90. The van der Waals surface area contributed by atoms with Crippen LogP contribution in [0.2, 0.25) is 0 Å². The molecule has 0 aliphatic heterocycles. The lowest BCUT2D eigenvalue weighted by Crippen LogP contribution is -1.95. The van der Waals surface area contributed by atoms with Crippen molar-refractivity contribution in [2.45, 2.75) is 32.1 Å². The molecular formula is C9H12. The van der Waals surface area contributed by atoms with E-state index in [-0.39, 0.29) is 0 Å². The Hall–Kier alpha value is -0.260. The van der Waals surface area contributed by atoms with Crippen LogP contribution in [0.15, 0.2) is 11.1 Å². The summed E-state index contributed by atoms with van der Waals surface area (Å²) in [6.07, 6.45) is 7.53. The molecule has 0 aromatic heterocycles. The highest BCUT2D eigenvalue weighted by Gasteiger charge is 2.40. The van der Waals surface area contributed by atoms with Gasteiger partial charge in [-0.2, -0.15) is 0 Å². The van der Waals surface area contributed by atoms with Crippen molar-refractivity contribution >= 4 is 0 Å².